The smallest absolute Gasteiger partial charge is 0.220 e. The van der Waals surface area contributed by atoms with E-state index in [1.54, 1.807) is 25.1 Å². The minimum atomic E-state index is 0.0388. The molecule has 1 amide bonds. The summed E-state index contributed by atoms with van der Waals surface area (Å²) >= 11 is 0. The molecular weight excluding hydrogens is 372 g/mol. The number of rotatable bonds is 7. The van der Waals surface area contributed by atoms with Gasteiger partial charge in [0, 0.05) is 31.6 Å². The normalized spacial score (nSPS) is 16.2. The minimum Gasteiger partial charge on any atom is -0.497 e. The average molecular weight is 396 g/mol. The van der Waals surface area contributed by atoms with Crippen LogP contribution in [0.5, 0.6) is 11.5 Å². The van der Waals surface area contributed by atoms with E-state index < -0.39 is 0 Å². The van der Waals surface area contributed by atoms with Crippen molar-refractivity contribution in [1.29, 1.82) is 0 Å². The lowest BCUT2D eigenvalue weighted by Crippen LogP contribution is -2.37. The summed E-state index contributed by atoms with van der Waals surface area (Å²) in [6.45, 7) is 1.58. The molecular formula is C20H24N6O3. The van der Waals surface area contributed by atoms with E-state index in [0.717, 1.165) is 42.4 Å². The number of benzene rings is 1. The molecule has 1 atom stereocenters. The molecule has 3 heterocycles. The molecule has 1 aromatic carbocycles. The van der Waals surface area contributed by atoms with Gasteiger partial charge in [-0.15, -0.1) is 15.3 Å². The number of aromatic nitrogens is 4. The Kier molecular flexibility index (Phi) is 5.46. The van der Waals surface area contributed by atoms with Crippen LogP contribution in [-0.4, -0.2) is 59.1 Å². The molecule has 152 valence electrons. The van der Waals surface area contributed by atoms with Gasteiger partial charge in [-0.05, 0) is 36.6 Å². The Morgan fingerprint density at radius 1 is 1.24 bits per heavy atom. The Bertz CT molecular complexity index is 1000. The van der Waals surface area contributed by atoms with Crippen molar-refractivity contribution in [3.63, 3.8) is 0 Å². The Labute approximate surface area is 168 Å². The lowest BCUT2D eigenvalue weighted by atomic mass is 10.1. The SMILES string of the molecule is COc1ccc(CCC(=O)N[C@@H]2CCN(c3ccc4nncn4n3)C2)c(OC)c1. The van der Waals surface area contributed by atoms with Crippen LogP contribution >= 0.6 is 0 Å². The van der Waals surface area contributed by atoms with Crippen LogP contribution in [0.3, 0.4) is 0 Å². The fraction of sp³-hybridized carbons (Fsp3) is 0.400. The number of carbonyl (C=O) groups is 1. The first kappa shape index (κ1) is 19.0. The molecule has 1 saturated heterocycles. The molecule has 0 spiro atoms. The first-order chi connectivity index (χ1) is 14.2. The van der Waals surface area contributed by atoms with Crippen molar-refractivity contribution in [1.82, 2.24) is 25.1 Å². The van der Waals surface area contributed by atoms with E-state index in [4.69, 9.17) is 9.47 Å². The first-order valence-corrected chi connectivity index (χ1v) is 9.58. The third kappa shape index (κ3) is 4.23. The van der Waals surface area contributed by atoms with Crippen molar-refractivity contribution in [3.8, 4) is 11.5 Å². The number of amides is 1. The fourth-order valence-electron chi connectivity index (χ4n) is 3.58. The summed E-state index contributed by atoms with van der Waals surface area (Å²) in [6, 6.07) is 9.59. The molecule has 1 aliphatic rings. The summed E-state index contributed by atoms with van der Waals surface area (Å²) in [5.74, 6) is 2.37. The van der Waals surface area contributed by atoms with E-state index in [2.05, 4.69) is 25.5 Å². The van der Waals surface area contributed by atoms with Crippen molar-refractivity contribution in [2.45, 2.75) is 25.3 Å². The highest BCUT2D eigenvalue weighted by atomic mass is 16.5. The molecule has 9 nitrogen and oxygen atoms in total. The fourth-order valence-corrected chi connectivity index (χ4v) is 3.58. The van der Waals surface area contributed by atoms with Crippen LogP contribution in [0.4, 0.5) is 5.82 Å². The van der Waals surface area contributed by atoms with Gasteiger partial charge in [-0.1, -0.05) is 6.07 Å². The lowest BCUT2D eigenvalue weighted by molar-refractivity contribution is -0.121. The summed E-state index contributed by atoms with van der Waals surface area (Å²) < 4.78 is 12.3. The van der Waals surface area contributed by atoms with Crippen molar-refractivity contribution in [2.75, 3.05) is 32.2 Å². The van der Waals surface area contributed by atoms with Crippen molar-refractivity contribution >= 4 is 17.4 Å². The Morgan fingerprint density at radius 2 is 2.14 bits per heavy atom. The zero-order chi connectivity index (χ0) is 20.2. The topological polar surface area (TPSA) is 93.9 Å². The number of ether oxygens (including phenoxy) is 2. The van der Waals surface area contributed by atoms with Crippen LogP contribution in [0.15, 0.2) is 36.7 Å². The monoisotopic (exact) mass is 396 g/mol. The summed E-state index contributed by atoms with van der Waals surface area (Å²) in [7, 11) is 3.24. The molecule has 29 heavy (non-hydrogen) atoms. The van der Waals surface area contributed by atoms with E-state index in [-0.39, 0.29) is 11.9 Å². The number of hydrogen-bond donors (Lipinski definition) is 1. The second-order valence-electron chi connectivity index (χ2n) is 7.00. The maximum absolute atomic E-state index is 12.4. The quantitative estimate of drug-likeness (QED) is 0.646. The van der Waals surface area contributed by atoms with Gasteiger partial charge in [-0.25, -0.2) is 0 Å². The zero-order valence-electron chi connectivity index (χ0n) is 16.5. The lowest BCUT2D eigenvalue weighted by Gasteiger charge is -2.18. The number of methoxy groups -OCH3 is 2. The van der Waals surface area contributed by atoms with Crippen LogP contribution in [0.25, 0.3) is 5.65 Å². The molecule has 9 heteroatoms. The predicted octanol–water partition coefficient (Wildman–Crippen LogP) is 1.47. The Morgan fingerprint density at radius 3 is 2.97 bits per heavy atom. The minimum absolute atomic E-state index is 0.0388. The third-order valence-electron chi connectivity index (χ3n) is 5.14. The molecule has 0 unspecified atom stereocenters. The molecule has 0 bridgehead atoms. The standard InChI is InChI=1S/C20H24N6O3/c1-28-16-5-3-14(17(11-16)29-2)4-8-20(27)22-15-9-10-25(12-15)19-7-6-18-23-21-13-26(18)24-19/h3,5-7,11,13,15H,4,8-10,12H2,1-2H3,(H,22,27)/t15-/m1/s1. The van der Waals surface area contributed by atoms with Crippen molar-refractivity contribution in [2.24, 2.45) is 0 Å². The van der Waals surface area contributed by atoms with Gasteiger partial charge in [-0.2, -0.15) is 4.52 Å². The molecule has 0 radical (unpaired) electrons. The van der Waals surface area contributed by atoms with Crippen molar-refractivity contribution < 1.29 is 14.3 Å². The molecule has 1 N–H and O–H groups in total. The highest BCUT2D eigenvalue weighted by molar-refractivity contribution is 5.76. The van der Waals surface area contributed by atoms with Gasteiger partial charge in [0.05, 0.1) is 14.2 Å². The zero-order valence-corrected chi connectivity index (χ0v) is 16.5. The number of anilines is 1. The van der Waals surface area contributed by atoms with Crippen molar-refractivity contribution in [3.05, 3.63) is 42.2 Å². The maximum Gasteiger partial charge on any atom is 0.220 e. The molecule has 0 aliphatic carbocycles. The molecule has 3 aromatic rings. The predicted molar refractivity (Wildman–Crippen MR) is 107 cm³/mol. The number of nitrogens with zero attached hydrogens (tertiary/aromatic N) is 5. The summed E-state index contributed by atoms with van der Waals surface area (Å²) in [5, 5.41) is 15.5. The van der Waals surface area contributed by atoms with Crippen LogP contribution in [0, 0.1) is 0 Å². The van der Waals surface area contributed by atoms with Crippen LogP contribution in [0.2, 0.25) is 0 Å². The van der Waals surface area contributed by atoms with Crippen LogP contribution in [0.1, 0.15) is 18.4 Å². The Hall–Kier alpha value is -3.36. The van der Waals surface area contributed by atoms with Gasteiger partial charge in [-0.3, -0.25) is 4.79 Å². The van der Waals surface area contributed by atoms with Crippen LogP contribution in [-0.2, 0) is 11.2 Å². The summed E-state index contributed by atoms with van der Waals surface area (Å²) in [4.78, 5) is 14.6. The average Bonchev–Trinajstić information content (AvgIpc) is 3.40. The second-order valence-corrected chi connectivity index (χ2v) is 7.00. The molecule has 1 fully saturated rings. The Balaban J connectivity index is 1.30. The maximum atomic E-state index is 12.4. The van der Waals surface area contributed by atoms with E-state index in [9.17, 15) is 4.79 Å². The summed E-state index contributed by atoms with van der Waals surface area (Å²) in [5.41, 5.74) is 1.70. The molecule has 4 rings (SSSR count). The molecule has 2 aromatic heterocycles. The third-order valence-corrected chi connectivity index (χ3v) is 5.14. The summed E-state index contributed by atoms with van der Waals surface area (Å²) in [6.07, 6.45) is 3.49. The van der Waals surface area contributed by atoms with Gasteiger partial charge >= 0.3 is 0 Å². The van der Waals surface area contributed by atoms with Gasteiger partial charge in [0.1, 0.15) is 23.6 Å². The van der Waals surface area contributed by atoms with Gasteiger partial charge in [0.15, 0.2) is 5.65 Å². The number of nitrogens with one attached hydrogen (secondary N) is 1. The number of hydrogen-bond acceptors (Lipinski definition) is 7. The largest absolute Gasteiger partial charge is 0.497 e. The van der Waals surface area contributed by atoms with Gasteiger partial charge in [0.25, 0.3) is 0 Å². The van der Waals surface area contributed by atoms with E-state index in [1.165, 1.54) is 0 Å². The van der Waals surface area contributed by atoms with E-state index >= 15 is 0 Å². The van der Waals surface area contributed by atoms with E-state index in [1.807, 2.05) is 30.3 Å². The second kappa shape index (κ2) is 8.34. The number of fused-ring (bicyclic) bond motifs is 1. The van der Waals surface area contributed by atoms with Gasteiger partial charge in [0.2, 0.25) is 5.91 Å². The van der Waals surface area contributed by atoms with E-state index in [0.29, 0.717) is 18.5 Å². The van der Waals surface area contributed by atoms with Crippen LogP contribution < -0.4 is 19.7 Å². The van der Waals surface area contributed by atoms with Gasteiger partial charge < -0.3 is 19.7 Å². The highest BCUT2D eigenvalue weighted by Gasteiger charge is 2.25. The molecule has 0 saturated carbocycles. The molecule has 1 aliphatic heterocycles. The number of carbonyl (C=O) groups excluding carboxylic acids is 1. The first-order valence-electron chi connectivity index (χ1n) is 9.58. The highest BCUT2D eigenvalue weighted by Crippen LogP contribution is 2.25. The number of aryl methyl sites for hydroxylation is 1.